The first kappa shape index (κ1) is 14.9. The summed E-state index contributed by atoms with van der Waals surface area (Å²) in [4.78, 5) is 10.2. The van der Waals surface area contributed by atoms with Crippen molar-refractivity contribution in [3.05, 3.63) is 35.9 Å². The van der Waals surface area contributed by atoms with E-state index >= 15 is 0 Å². The van der Waals surface area contributed by atoms with E-state index in [0.717, 1.165) is 5.56 Å². The van der Waals surface area contributed by atoms with Crippen LogP contribution in [0.2, 0.25) is 0 Å². The van der Waals surface area contributed by atoms with Gasteiger partial charge in [-0.25, -0.2) is 0 Å². The molecule has 0 bridgehead atoms. The van der Waals surface area contributed by atoms with Gasteiger partial charge in [-0.1, -0.05) is 42.4 Å². The minimum Gasteiger partial charge on any atom is -0.411 e. The Hall–Kier alpha value is -1.12. The second-order valence-corrected chi connectivity index (χ2v) is 7.03. The molecule has 0 aromatic heterocycles. The maximum Gasteiger partial charge on any atom is 0.208 e. The van der Waals surface area contributed by atoms with Crippen molar-refractivity contribution in [2.45, 2.75) is 32.3 Å². The smallest absolute Gasteiger partial charge is 0.208 e. The Labute approximate surface area is 108 Å². The molecule has 1 aromatic rings. The van der Waals surface area contributed by atoms with Gasteiger partial charge in [0.15, 0.2) is 0 Å². The van der Waals surface area contributed by atoms with Crippen LogP contribution in [-0.2, 0) is 4.57 Å². The van der Waals surface area contributed by atoms with Crippen molar-refractivity contribution in [1.82, 2.24) is 0 Å². The van der Waals surface area contributed by atoms with Crippen LogP contribution in [-0.4, -0.2) is 22.0 Å². The molecule has 0 aliphatic rings. The third-order valence-electron chi connectivity index (χ3n) is 2.87. The van der Waals surface area contributed by atoms with Gasteiger partial charge in [0, 0.05) is 12.6 Å². The van der Waals surface area contributed by atoms with Crippen molar-refractivity contribution in [2.75, 3.05) is 6.16 Å². The fourth-order valence-corrected chi connectivity index (χ4v) is 4.11. The number of nitrogens with zero attached hydrogens (tertiary/aromatic N) is 1. The predicted octanol–water partition coefficient (Wildman–Crippen LogP) is 3.65. The fourth-order valence-electron chi connectivity index (χ4n) is 1.97. The van der Waals surface area contributed by atoms with Crippen molar-refractivity contribution in [1.29, 1.82) is 0 Å². The standard InChI is InChI=1S/C13H20NO3P/c1-3-9-18(16,17)13(10-11(2)14-15)12-7-5-4-6-8-12/h4-8,13,15H,3,9-10H2,1-2H3,(H,16,17). The molecule has 0 fully saturated rings. The van der Waals surface area contributed by atoms with Crippen LogP contribution in [0, 0.1) is 0 Å². The molecule has 2 N–H and O–H groups in total. The molecular weight excluding hydrogens is 249 g/mol. The molecule has 0 saturated heterocycles. The van der Waals surface area contributed by atoms with Gasteiger partial charge in [-0.2, -0.15) is 0 Å². The van der Waals surface area contributed by atoms with Gasteiger partial charge in [-0.3, -0.25) is 4.57 Å². The minimum absolute atomic E-state index is 0.283. The molecule has 1 rings (SSSR count). The Morgan fingerprint density at radius 3 is 2.50 bits per heavy atom. The Balaban J connectivity index is 3.07. The molecule has 18 heavy (non-hydrogen) atoms. The van der Waals surface area contributed by atoms with E-state index in [4.69, 9.17) is 5.21 Å². The number of oxime groups is 1. The number of hydrogen-bond acceptors (Lipinski definition) is 3. The van der Waals surface area contributed by atoms with Crippen LogP contribution < -0.4 is 0 Å². The molecule has 0 heterocycles. The molecular formula is C13H20NO3P. The molecule has 1 aromatic carbocycles. The lowest BCUT2D eigenvalue weighted by Crippen LogP contribution is -2.08. The Morgan fingerprint density at radius 2 is 2.00 bits per heavy atom. The summed E-state index contributed by atoms with van der Waals surface area (Å²) in [7, 11) is -3.28. The second-order valence-electron chi connectivity index (χ2n) is 4.45. The van der Waals surface area contributed by atoms with Crippen LogP contribution in [0.4, 0.5) is 0 Å². The summed E-state index contributed by atoms with van der Waals surface area (Å²) in [6, 6.07) is 9.25. The molecule has 2 unspecified atom stereocenters. The van der Waals surface area contributed by atoms with Gasteiger partial charge in [-0.05, 0) is 18.9 Å². The van der Waals surface area contributed by atoms with Gasteiger partial charge in [0.2, 0.25) is 7.37 Å². The van der Waals surface area contributed by atoms with Gasteiger partial charge in [0.1, 0.15) is 0 Å². The highest BCUT2D eigenvalue weighted by Gasteiger charge is 2.31. The molecule has 0 radical (unpaired) electrons. The van der Waals surface area contributed by atoms with Crippen molar-refractivity contribution in [3.8, 4) is 0 Å². The largest absolute Gasteiger partial charge is 0.411 e. The lowest BCUT2D eigenvalue weighted by atomic mass is 10.1. The van der Waals surface area contributed by atoms with Gasteiger partial charge in [-0.15, -0.1) is 0 Å². The Morgan fingerprint density at radius 1 is 1.39 bits per heavy atom. The monoisotopic (exact) mass is 269 g/mol. The highest BCUT2D eigenvalue weighted by Crippen LogP contribution is 2.57. The molecule has 0 amide bonds. The van der Waals surface area contributed by atoms with Gasteiger partial charge < -0.3 is 10.1 Å². The van der Waals surface area contributed by atoms with E-state index in [2.05, 4.69) is 5.16 Å². The topological polar surface area (TPSA) is 69.9 Å². The fraction of sp³-hybridized carbons (Fsp3) is 0.462. The predicted molar refractivity (Wildman–Crippen MR) is 73.7 cm³/mol. The zero-order chi connectivity index (χ0) is 13.6. The average molecular weight is 269 g/mol. The molecule has 100 valence electrons. The maximum atomic E-state index is 12.4. The quantitative estimate of drug-likeness (QED) is 0.358. The van der Waals surface area contributed by atoms with Crippen LogP contribution in [0.5, 0.6) is 0 Å². The first-order chi connectivity index (χ1) is 8.51. The summed E-state index contributed by atoms with van der Waals surface area (Å²) in [5, 5.41) is 11.9. The number of benzene rings is 1. The van der Waals surface area contributed by atoms with Crippen molar-refractivity contribution in [3.63, 3.8) is 0 Å². The molecule has 0 aliphatic heterocycles. The SMILES string of the molecule is CCCP(=O)(O)C(CC(C)=NO)c1ccccc1. The summed E-state index contributed by atoms with van der Waals surface area (Å²) < 4.78 is 12.4. The summed E-state index contributed by atoms with van der Waals surface area (Å²) in [6.45, 7) is 3.54. The van der Waals surface area contributed by atoms with E-state index in [-0.39, 0.29) is 6.16 Å². The number of rotatable bonds is 6. The zero-order valence-electron chi connectivity index (χ0n) is 10.8. The van der Waals surface area contributed by atoms with E-state index in [1.54, 1.807) is 6.92 Å². The molecule has 0 spiro atoms. The van der Waals surface area contributed by atoms with E-state index in [9.17, 15) is 9.46 Å². The van der Waals surface area contributed by atoms with Crippen molar-refractivity contribution in [2.24, 2.45) is 5.16 Å². The molecule has 5 heteroatoms. The van der Waals surface area contributed by atoms with Crippen LogP contribution >= 0.6 is 7.37 Å². The lowest BCUT2D eigenvalue weighted by molar-refractivity contribution is 0.317. The highest BCUT2D eigenvalue weighted by molar-refractivity contribution is 7.58. The van der Waals surface area contributed by atoms with Gasteiger partial charge >= 0.3 is 0 Å². The zero-order valence-corrected chi connectivity index (χ0v) is 11.7. The van der Waals surface area contributed by atoms with Gasteiger partial charge in [0.05, 0.1) is 11.4 Å². The Kier molecular flexibility index (Phi) is 5.57. The highest BCUT2D eigenvalue weighted by atomic mass is 31.2. The minimum atomic E-state index is -3.28. The molecule has 0 aliphatic carbocycles. The normalized spacial score (nSPS) is 17.2. The third kappa shape index (κ3) is 3.97. The molecule has 2 atom stereocenters. The van der Waals surface area contributed by atoms with Crippen LogP contribution in [0.25, 0.3) is 0 Å². The summed E-state index contributed by atoms with van der Waals surface area (Å²) in [5.74, 6) is 0. The average Bonchev–Trinajstić information content (AvgIpc) is 2.36. The van der Waals surface area contributed by atoms with E-state index in [1.165, 1.54) is 0 Å². The van der Waals surface area contributed by atoms with E-state index in [0.29, 0.717) is 18.6 Å². The van der Waals surface area contributed by atoms with E-state index < -0.39 is 13.0 Å². The van der Waals surface area contributed by atoms with Crippen molar-refractivity contribution < 1.29 is 14.7 Å². The van der Waals surface area contributed by atoms with Crippen molar-refractivity contribution >= 4 is 13.1 Å². The second kappa shape index (κ2) is 6.72. The number of hydrogen-bond donors (Lipinski definition) is 2. The third-order valence-corrected chi connectivity index (χ3v) is 5.42. The van der Waals surface area contributed by atoms with Crippen LogP contribution in [0.15, 0.2) is 35.5 Å². The molecule has 4 nitrogen and oxygen atoms in total. The summed E-state index contributed by atoms with van der Waals surface area (Å²) in [6.07, 6.45) is 1.24. The summed E-state index contributed by atoms with van der Waals surface area (Å²) in [5.41, 5.74) is 0.795. The van der Waals surface area contributed by atoms with Crippen LogP contribution in [0.3, 0.4) is 0 Å². The Bertz CT molecular complexity index is 445. The first-order valence-corrected chi connectivity index (χ1v) is 7.96. The molecule has 0 saturated carbocycles. The summed E-state index contributed by atoms with van der Waals surface area (Å²) >= 11 is 0. The lowest BCUT2D eigenvalue weighted by Gasteiger charge is -2.23. The van der Waals surface area contributed by atoms with Gasteiger partial charge in [0.25, 0.3) is 0 Å². The van der Waals surface area contributed by atoms with Crippen LogP contribution in [0.1, 0.15) is 37.9 Å². The first-order valence-electron chi connectivity index (χ1n) is 6.05. The van der Waals surface area contributed by atoms with E-state index in [1.807, 2.05) is 37.3 Å². The maximum absolute atomic E-state index is 12.4.